The van der Waals surface area contributed by atoms with Crippen LogP contribution in [0.15, 0.2) is 41.2 Å². The van der Waals surface area contributed by atoms with E-state index in [1.165, 1.54) is 5.56 Å². The fraction of sp³-hybridized carbons (Fsp3) is 0.513. The van der Waals surface area contributed by atoms with Gasteiger partial charge in [-0.15, -0.1) is 0 Å². The van der Waals surface area contributed by atoms with Crippen LogP contribution in [0.2, 0.25) is 0 Å². The van der Waals surface area contributed by atoms with Gasteiger partial charge in [0.05, 0.1) is 31.7 Å². The Kier molecular flexibility index (Phi) is 10.4. The lowest BCUT2D eigenvalue weighted by Crippen LogP contribution is -2.48. The molecule has 256 valence electrons. The standard InChI is InChI=1S/C39H49N3O6/c1-5-42(30-15-17-46-18-16-30)35-20-28(27-11-13-29(14-12-27)39(23-47-24-39)21-36(43)48-6-2)19-33(25(35)3)37(44)40-22-34-32-10-8-7-9-31(32)26(4)41-38(34)45/h11-14,19-20,30H,5-10,15-18,21-24H2,1-4H3,(H,40,44)(H,41,45). The first-order valence-corrected chi connectivity index (χ1v) is 17.6. The van der Waals surface area contributed by atoms with Crippen molar-refractivity contribution in [3.8, 4) is 11.1 Å². The summed E-state index contributed by atoms with van der Waals surface area (Å²) in [7, 11) is 0. The lowest BCUT2D eigenvalue weighted by molar-refractivity contribution is -0.151. The van der Waals surface area contributed by atoms with E-state index in [2.05, 4.69) is 52.5 Å². The average molecular weight is 656 g/mol. The third-order valence-electron chi connectivity index (χ3n) is 10.6. The highest BCUT2D eigenvalue weighted by Crippen LogP contribution is 2.39. The summed E-state index contributed by atoms with van der Waals surface area (Å²) in [4.78, 5) is 45.0. The molecule has 6 rings (SSSR count). The maximum atomic E-state index is 14.1. The number of carbonyl (C=O) groups is 2. The predicted octanol–water partition coefficient (Wildman–Crippen LogP) is 5.69. The van der Waals surface area contributed by atoms with Crippen molar-refractivity contribution in [3.05, 3.63) is 85.8 Å². The maximum Gasteiger partial charge on any atom is 0.306 e. The topological polar surface area (TPSA) is 110 Å². The summed E-state index contributed by atoms with van der Waals surface area (Å²) in [6.07, 6.45) is 6.13. The van der Waals surface area contributed by atoms with Gasteiger partial charge in [0, 0.05) is 54.9 Å². The fourth-order valence-corrected chi connectivity index (χ4v) is 7.81. The zero-order chi connectivity index (χ0) is 33.8. The molecule has 2 fully saturated rings. The Bertz CT molecular complexity index is 1700. The second-order valence-corrected chi connectivity index (χ2v) is 13.5. The molecule has 2 aromatic carbocycles. The highest BCUT2D eigenvalue weighted by atomic mass is 16.5. The van der Waals surface area contributed by atoms with E-state index in [0.29, 0.717) is 37.0 Å². The lowest BCUT2D eigenvalue weighted by Gasteiger charge is -2.41. The number of fused-ring (bicyclic) bond motifs is 1. The van der Waals surface area contributed by atoms with Crippen molar-refractivity contribution in [1.82, 2.24) is 10.3 Å². The largest absolute Gasteiger partial charge is 0.466 e. The molecular formula is C39H49N3O6. The molecule has 1 amide bonds. The number of amides is 1. The van der Waals surface area contributed by atoms with Crippen LogP contribution in [-0.4, -0.2) is 62.5 Å². The van der Waals surface area contributed by atoms with Crippen LogP contribution in [0.25, 0.3) is 11.1 Å². The van der Waals surface area contributed by atoms with E-state index in [1.54, 1.807) is 0 Å². The van der Waals surface area contributed by atoms with Crippen molar-refractivity contribution in [2.24, 2.45) is 0 Å². The zero-order valence-electron chi connectivity index (χ0n) is 28.8. The molecule has 2 saturated heterocycles. The van der Waals surface area contributed by atoms with Crippen LogP contribution in [0.4, 0.5) is 5.69 Å². The van der Waals surface area contributed by atoms with Crippen LogP contribution < -0.4 is 15.8 Å². The van der Waals surface area contributed by atoms with Crippen LogP contribution in [0, 0.1) is 13.8 Å². The molecule has 1 aliphatic carbocycles. The number of H-pyrrole nitrogens is 1. The molecule has 0 spiro atoms. The van der Waals surface area contributed by atoms with Gasteiger partial charge in [-0.25, -0.2) is 0 Å². The average Bonchev–Trinajstić information content (AvgIpc) is 3.08. The summed E-state index contributed by atoms with van der Waals surface area (Å²) in [5, 5.41) is 3.13. The molecule has 48 heavy (non-hydrogen) atoms. The summed E-state index contributed by atoms with van der Waals surface area (Å²) in [6, 6.07) is 12.8. The van der Waals surface area contributed by atoms with Crippen LogP contribution in [-0.2, 0) is 43.8 Å². The molecule has 2 aliphatic heterocycles. The second-order valence-electron chi connectivity index (χ2n) is 13.5. The first-order valence-electron chi connectivity index (χ1n) is 17.6. The Morgan fingerprint density at radius 1 is 0.979 bits per heavy atom. The number of anilines is 1. The molecule has 3 aromatic rings. The Labute approximate surface area is 283 Å². The summed E-state index contributed by atoms with van der Waals surface area (Å²) in [5.41, 5.74) is 8.94. The Morgan fingerprint density at radius 3 is 2.33 bits per heavy atom. The Morgan fingerprint density at radius 2 is 1.69 bits per heavy atom. The predicted molar refractivity (Wildman–Crippen MR) is 187 cm³/mol. The number of carbonyl (C=O) groups excluding carboxylic acids is 2. The fourth-order valence-electron chi connectivity index (χ4n) is 7.81. The number of hydrogen-bond acceptors (Lipinski definition) is 7. The van der Waals surface area contributed by atoms with Gasteiger partial charge < -0.3 is 29.4 Å². The van der Waals surface area contributed by atoms with Gasteiger partial charge >= 0.3 is 5.97 Å². The van der Waals surface area contributed by atoms with Crippen LogP contribution in [0.1, 0.15) is 89.8 Å². The molecule has 0 bridgehead atoms. The number of nitrogens with one attached hydrogen (secondary N) is 2. The van der Waals surface area contributed by atoms with E-state index in [0.717, 1.165) is 97.5 Å². The minimum atomic E-state index is -0.386. The number of esters is 1. The van der Waals surface area contributed by atoms with Gasteiger partial charge in [0.2, 0.25) is 0 Å². The molecule has 3 aliphatic rings. The van der Waals surface area contributed by atoms with Crippen molar-refractivity contribution in [2.45, 2.75) is 90.6 Å². The van der Waals surface area contributed by atoms with E-state index in [-0.39, 0.29) is 35.8 Å². The number of aryl methyl sites for hydroxylation is 1. The van der Waals surface area contributed by atoms with Crippen molar-refractivity contribution in [3.63, 3.8) is 0 Å². The number of benzene rings is 2. The zero-order valence-corrected chi connectivity index (χ0v) is 28.8. The smallest absolute Gasteiger partial charge is 0.306 e. The van der Waals surface area contributed by atoms with E-state index < -0.39 is 0 Å². The summed E-state index contributed by atoms with van der Waals surface area (Å²) in [5.74, 6) is -0.413. The van der Waals surface area contributed by atoms with Gasteiger partial charge in [0.1, 0.15) is 0 Å². The third-order valence-corrected chi connectivity index (χ3v) is 10.6. The number of aromatic nitrogens is 1. The Hall–Kier alpha value is -3.95. The van der Waals surface area contributed by atoms with Crippen LogP contribution >= 0.6 is 0 Å². The first kappa shape index (κ1) is 33.9. The summed E-state index contributed by atoms with van der Waals surface area (Å²) >= 11 is 0. The van der Waals surface area contributed by atoms with Crippen molar-refractivity contribution in [2.75, 3.05) is 44.5 Å². The molecule has 1 aromatic heterocycles. The molecule has 0 radical (unpaired) electrons. The van der Waals surface area contributed by atoms with E-state index in [4.69, 9.17) is 14.2 Å². The summed E-state index contributed by atoms with van der Waals surface area (Å²) in [6.45, 7) is 11.7. The number of aromatic amines is 1. The van der Waals surface area contributed by atoms with E-state index in [1.807, 2.05) is 26.8 Å². The van der Waals surface area contributed by atoms with E-state index in [9.17, 15) is 14.4 Å². The number of rotatable bonds is 11. The molecule has 9 heteroatoms. The van der Waals surface area contributed by atoms with Crippen LogP contribution in [0.5, 0.6) is 0 Å². The minimum Gasteiger partial charge on any atom is -0.466 e. The number of ether oxygens (including phenoxy) is 3. The van der Waals surface area contributed by atoms with Crippen molar-refractivity contribution < 1.29 is 23.8 Å². The van der Waals surface area contributed by atoms with Gasteiger partial charge in [0.15, 0.2) is 0 Å². The number of hydrogen-bond donors (Lipinski definition) is 2. The van der Waals surface area contributed by atoms with Gasteiger partial charge in [0.25, 0.3) is 11.5 Å². The SMILES string of the molecule is CCOC(=O)CC1(c2ccc(-c3cc(C(=O)NCc4c5c(c(C)[nH]c4=O)CCCC5)c(C)c(N(CC)C4CCOCC4)c3)cc2)COC1. The highest BCUT2D eigenvalue weighted by molar-refractivity contribution is 5.99. The van der Waals surface area contributed by atoms with Gasteiger partial charge in [-0.1, -0.05) is 24.3 Å². The molecule has 3 heterocycles. The molecule has 0 saturated carbocycles. The molecule has 0 unspecified atom stereocenters. The van der Waals surface area contributed by atoms with Gasteiger partial charge in [-0.2, -0.15) is 0 Å². The van der Waals surface area contributed by atoms with Crippen molar-refractivity contribution in [1.29, 1.82) is 0 Å². The second kappa shape index (κ2) is 14.7. The van der Waals surface area contributed by atoms with Crippen LogP contribution in [0.3, 0.4) is 0 Å². The van der Waals surface area contributed by atoms with Crippen molar-refractivity contribution >= 4 is 17.6 Å². The maximum absolute atomic E-state index is 14.1. The summed E-state index contributed by atoms with van der Waals surface area (Å²) < 4.78 is 16.5. The highest BCUT2D eigenvalue weighted by Gasteiger charge is 2.42. The minimum absolute atomic E-state index is 0.117. The number of nitrogens with zero attached hydrogens (tertiary/aromatic N) is 1. The van der Waals surface area contributed by atoms with E-state index >= 15 is 0 Å². The first-order chi connectivity index (χ1) is 23.2. The normalized spacial score (nSPS) is 17.2. The monoisotopic (exact) mass is 655 g/mol. The quantitative estimate of drug-likeness (QED) is 0.255. The van der Waals surface area contributed by atoms with Gasteiger partial charge in [-0.05, 0) is 112 Å². The molecule has 9 nitrogen and oxygen atoms in total. The van der Waals surface area contributed by atoms with Gasteiger partial charge in [-0.3, -0.25) is 14.4 Å². The lowest BCUT2D eigenvalue weighted by atomic mass is 9.75. The number of pyridine rings is 1. The molecule has 2 N–H and O–H groups in total. The third kappa shape index (κ3) is 6.80. The molecular weight excluding hydrogens is 606 g/mol. The Balaban J connectivity index is 1.34. The molecule has 0 atom stereocenters.